The summed E-state index contributed by atoms with van der Waals surface area (Å²) in [6, 6.07) is 5.82. The number of hydrogen-bond acceptors (Lipinski definition) is 7. The van der Waals surface area contributed by atoms with Crippen molar-refractivity contribution in [2.24, 2.45) is 0 Å². The SMILES string of the molecule is CCc1onc(C)c1-c1cccc(C2CN(C(=O)c3cnc(C)nc3C)CCO2)n1. The van der Waals surface area contributed by atoms with E-state index in [9.17, 15) is 4.79 Å². The molecule has 1 saturated heterocycles. The fraction of sp³-hybridized carbons (Fsp3) is 0.409. The molecular weight excluding hydrogens is 382 g/mol. The maximum Gasteiger partial charge on any atom is 0.257 e. The minimum atomic E-state index is -0.306. The summed E-state index contributed by atoms with van der Waals surface area (Å²) in [6.45, 7) is 8.97. The first-order valence-corrected chi connectivity index (χ1v) is 10.1. The molecule has 3 aromatic rings. The zero-order valence-corrected chi connectivity index (χ0v) is 17.7. The molecule has 1 fully saturated rings. The van der Waals surface area contributed by atoms with Gasteiger partial charge in [0.2, 0.25) is 0 Å². The van der Waals surface area contributed by atoms with Crippen LogP contribution in [-0.4, -0.2) is 50.6 Å². The fourth-order valence-electron chi connectivity index (χ4n) is 3.73. The Hall–Kier alpha value is -3.13. The van der Waals surface area contributed by atoms with Crippen molar-refractivity contribution in [1.29, 1.82) is 0 Å². The van der Waals surface area contributed by atoms with Crippen molar-refractivity contribution in [1.82, 2.24) is 25.0 Å². The predicted octanol–water partition coefficient (Wildman–Crippen LogP) is 3.23. The van der Waals surface area contributed by atoms with Gasteiger partial charge in [-0.05, 0) is 32.9 Å². The lowest BCUT2D eigenvalue weighted by molar-refractivity contribution is -0.0247. The van der Waals surface area contributed by atoms with Crippen molar-refractivity contribution >= 4 is 5.91 Å². The van der Waals surface area contributed by atoms with E-state index in [1.807, 2.05) is 45.9 Å². The Morgan fingerprint density at radius 3 is 2.80 bits per heavy atom. The third-order valence-corrected chi connectivity index (χ3v) is 5.30. The van der Waals surface area contributed by atoms with Gasteiger partial charge < -0.3 is 14.2 Å². The van der Waals surface area contributed by atoms with E-state index in [0.717, 1.165) is 34.8 Å². The number of amides is 1. The summed E-state index contributed by atoms with van der Waals surface area (Å²) in [5, 5.41) is 4.08. The largest absolute Gasteiger partial charge is 0.368 e. The second kappa shape index (κ2) is 8.31. The summed E-state index contributed by atoms with van der Waals surface area (Å²) in [4.78, 5) is 28.1. The van der Waals surface area contributed by atoms with E-state index in [1.165, 1.54) is 0 Å². The lowest BCUT2D eigenvalue weighted by atomic mass is 10.1. The fourth-order valence-corrected chi connectivity index (χ4v) is 3.73. The van der Waals surface area contributed by atoms with E-state index in [-0.39, 0.29) is 12.0 Å². The quantitative estimate of drug-likeness (QED) is 0.655. The molecule has 1 amide bonds. The van der Waals surface area contributed by atoms with Crippen LogP contribution in [0.25, 0.3) is 11.3 Å². The van der Waals surface area contributed by atoms with Crippen LogP contribution in [-0.2, 0) is 11.2 Å². The van der Waals surface area contributed by atoms with Crippen LogP contribution in [0.3, 0.4) is 0 Å². The average molecular weight is 407 g/mol. The van der Waals surface area contributed by atoms with Gasteiger partial charge in [-0.25, -0.2) is 15.0 Å². The van der Waals surface area contributed by atoms with Crippen molar-refractivity contribution in [3.63, 3.8) is 0 Å². The van der Waals surface area contributed by atoms with Crippen molar-refractivity contribution in [3.05, 3.63) is 58.6 Å². The van der Waals surface area contributed by atoms with Crippen LogP contribution in [0.15, 0.2) is 28.9 Å². The number of nitrogens with zero attached hydrogens (tertiary/aromatic N) is 5. The molecule has 8 heteroatoms. The highest BCUT2D eigenvalue weighted by atomic mass is 16.5. The molecule has 0 radical (unpaired) electrons. The highest BCUT2D eigenvalue weighted by molar-refractivity contribution is 5.95. The van der Waals surface area contributed by atoms with E-state index < -0.39 is 0 Å². The van der Waals surface area contributed by atoms with Crippen molar-refractivity contribution in [3.8, 4) is 11.3 Å². The van der Waals surface area contributed by atoms with Crippen LogP contribution < -0.4 is 0 Å². The van der Waals surface area contributed by atoms with E-state index in [4.69, 9.17) is 14.2 Å². The summed E-state index contributed by atoms with van der Waals surface area (Å²) >= 11 is 0. The Balaban J connectivity index is 1.58. The van der Waals surface area contributed by atoms with E-state index in [0.29, 0.717) is 36.8 Å². The van der Waals surface area contributed by atoms with Crippen LogP contribution in [0.1, 0.15) is 52.1 Å². The molecule has 1 atom stereocenters. The van der Waals surface area contributed by atoms with Crippen LogP contribution in [0.5, 0.6) is 0 Å². The summed E-state index contributed by atoms with van der Waals surface area (Å²) in [6.07, 6.45) is 2.03. The highest BCUT2D eigenvalue weighted by Crippen LogP contribution is 2.29. The zero-order chi connectivity index (χ0) is 21.3. The molecule has 4 rings (SSSR count). The molecule has 156 valence electrons. The van der Waals surface area contributed by atoms with Crippen LogP contribution in [0.4, 0.5) is 0 Å². The van der Waals surface area contributed by atoms with Gasteiger partial charge in [0, 0.05) is 19.2 Å². The molecule has 30 heavy (non-hydrogen) atoms. The first-order chi connectivity index (χ1) is 14.5. The Labute approximate surface area is 175 Å². The van der Waals surface area contributed by atoms with Gasteiger partial charge in [0.1, 0.15) is 17.7 Å². The summed E-state index contributed by atoms with van der Waals surface area (Å²) in [5.74, 6) is 1.38. The summed E-state index contributed by atoms with van der Waals surface area (Å²) in [7, 11) is 0. The van der Waals surface area contributed by atoms with E-state index >= 15 is 0 Å². The lowest BCUT2D eigenvalue weighted by Crippen LogP contribution is -2.42. The molecule has 0 saturated carbocycles. The molecule has 0 spiro atoms. The standard InChI is InChI=1S/C22H25N5O3/c1-5-19-21(14(3)26-30-19)18-8-6-7-17(25-18)20-12-27(9-10-29-20)22(28)16-11-23-15(4)24-13(16)2/h6-8,11,20H,5,9-10,12H2,1-4H3. The second-order valence-corrected chi connectivity index (χ2v) is 7.39. The van der Waals surface area contributed by atoms with Crippen molar-refractivity contribution in [2.75, 3.05) is 19.7 Å². The zero-order valence-electron chi connectivity index (χ0n) is 17.7. The molecular formula is C22H25N5O3. The van der Waals surface area contributed by atoms with E-state index in [2.05, 4.69) is 15.1 Å². The Morgan fingerprint density at radius 1 is 1.20 bits per heavy atom. The topological polar surface area (TPSA) is 94.2 Å². The Bertz CT molecular complexity index is 1080. The number of morpholine rings is 1. The molecule has 4 heterocycles. The van der Waals surface area contributed by atoms with Gasteiger partial charge in [0.25, 0.3) is 5.91 Å². The minimum absolute atomic E-state index is 0.0832. The third kappa shape index (κ3) is 3.82. The number of carbonyl (C=O) groups excluding carboxylic acids is 1. The molecule has 3 aromatic heterocycles. The molecule has 0 bridgehead atoms. The first kappa shape index (κ1) is 20.2. The van der Waals surface area contributed by atoms with Gasteiger partial charge >= 0.3 is 0 Å². The first-order valence-electron chi connectivity index (χ1n) is 10.1. The smallest absolute Gasteiger partial charge is 0.257 e. The predicted molar refractivity (Wildman–Crippen MR) is 110 cm³/mol. The van der Waals surface area contributed by atoms with Gasteiger partial charge in [0.05, 0.1) is 47.1 Å². The Kier molecular flexibility index (Phi) is 5.59. The number of rotatable bonds is 4. The maximum atomic E-state index is 13.0. The number of pyridine rings is 1. The monoisotopic (exact) mass is 407 g/mol. The third-order valence-electron chi connectivity index (χ3n) is 5.30. The average Bonchev–Trinajstić information content (AvgIpc) is 3.14. The van der Waals surface area contributed by atoms with Gasteiger partial charge in [-0.2, -0.15) is 0 Å². The molecule has 0 N–H and O–H groups in total. The summed E-state index contributed by atoms with van der Waals surface area (Å²) in [5.41, 5.74) is 4.53. The van der Waals surface area contributed by atoms with Crippen LogP contribution in [0.2, 0.25) is 0 Å². The number of ether oxygens (including phenoxy) is 1. The normalized spacial score (nSPS) is 16.7. The number of hydrogen-bond donors (Lipinski definition) is 0. The summed E-state index contributed by atoms with van der Waals surface area (Å²) < 4.78 is 11.4. The maximum absolute atomic E-state index is 13.0. The van der Waals surface area contributed by atoms with Gasteiger partial charge in [0.15, 0.2) is 0 Å². The number of aryl methyl sites for hydroxylation is 4. The molecule has 1 aliphatic heterocycles. The van der Waals surface area contributed by atoms with Gasteiger partial charge in [-0.15, -0.1) is 0 Å². The van der Waals surface area contributed by atoms with E-state index in [1.54, 1.807) is 11.1 Å². The van der Waals surface area contributed by atoms with Crippen LogP contribution in [0, 0.1) is 20.8 Å². The molecule has 0 aliphatic carbocycles. The van der Waals surface area contributed by atoms with Crippen molar-refractivity contribution in [2.45, 2.75) is 40.2 Å². The van der Waals surface area contributed by atoms with Gasteiger partial charge in [-0.3, -0.25) is 4.79 Å². The molecule has 0 aromatic carbocycles. The number of aromatic nitrogens is 4. The molecule has 1 aliphatic rings. The Morgan fingerprint density at radius 2 is 2.03 bits per heavy atom. The highest BCUT2D eigenvalue weighted by Gasteiger charge is 2.28. The van der Waals surface area contributed by atoms with Crippen molar-refractivity contribution < 1.29 is 14.1 Å². The minimum Gasteiger partial charge on any atom is -0.368 e. The molecule has 8 nitrogen and oxygen atoms in total. The number of carbonyl (C=O) groups is 1. The second-order valence-electron chi connectivity index (χ2n) is 7.39. The van der Waals surface area contributed by atoms with Crippen LogP contribution >= 0.6 is 0 Å². The lowest BCUT2D eigenvalue weighted by Gasteiger charge is -2.33. The molecule has 1 unspecified atom stereocenters. The van der Waals surface area contributed by atoms with Gasteiger partial charge in [-0.1, -0.05) is 18.1 Å².